The van der Waals surface area contributed by atoms with Crippen molar-refractivity contribution in [3.05, 3.63) is 24.0 Å². The Morgan fingerprint density at radius 2 is 2.11 bits per heavy atom. The molecule has 6 heteroatoms. The molecule has 104 valence electrons. The van der Waals surface area contributed by atoms with Crippen molar-refractivity contribution < 1.29 is 13.9 Å². The minimum atomic E-state index is -0.579. The highest BCUT2D eigenvalue weighted by molar-refractivity contribution is 7.80. The van der Waals surface area contributed by atoms with Crippen molar-refractivity contribution in [1.82, 2.24) is 0 Å². The van der Waals surface area contributed by atoms with E-state index in [4.69, 9.17) is 22.7 Å². The molecule has 0 saturated heterocycles. The highest BCUT2D eigenvalue weighted by Gasteiger charge is 2.25. The molecule has 19 heavy (non-hydrogen) atoms. The second kappa shape index (κ2) is 6.47. The average molecular weight is 284 g/mol. The number of methoxy groups -OCH3 is 1. The van der Waals surface area contributed by atoms with Gasteiger partial charge in [0.15, 0.2) is 0 Å². The molecule has 0 aromatic heterocycles. The lowest BCUT2D eigenvalue weighted by molar-refractivity contribution is -0.118. The Bertz CT molecular complexity index is 492. The Labute approximate surface area is 117 Å². The summed E-state index contributed by atoms with van der Waals surface area (Å²) in [5.41, 5.74) is 5.95. The molecule has 1 atom stereocenters. The summed E-state index contributed by atoms with van der Waals surface area (Å²) in [5, 5.41) is 2.65. The quantitative estimate of drug-likeness (QED) is 0.815. The van der Waals surface area contributed by atoms with Gasteiger partial charge < -0.3 is 15.8 Å². The van der Waals surface area contributed by atoms with Crippen LogP contribution in [0.1, 0.15) is 13.8 Å². The summed E-state index contributed by atoms with van der Waals surface area (Å²) in [6, 6.07) is 3.87. The van der Waals surface area contributed by atoms with E-state index in [1.165, 1.54) is 25.3 Å². The number of halogens is 1. The van der Waals surface area contributed by atoms with Crippen molar-refractivity contribution in [3.8, 4) is 5.75 Å². The van der Waals surface area contributed by atoms with Gasteiger partial charge in [0.1, 0.15) is 11.6 Å². The number of benzene rings is 1. The van der Waals surface area contributed by atoms with Gasteiger partial charge in [0.05, 0.1) is 23.7 Å². The van der Waals surface area contributed by atoms with Crippen LogP contribution in [0.25, 0.3) is 0 Å². The minimum Gasteiger partial charge on any atom is -0.494 e. The fraction of sp³-hybridized carbons (Fsp3) is 0.385. The zero-order chi connectivity index (χ0) is 14.6. The lowest BCUT2D eigenvalue weighted by Crippen LogP contribution is -2.36. The number of nitrogens with two attached hydrogens (primary N) is 1. The minimum absolute atomic E-state index is 0.0241. The largest absolute Gasteiger partial charge is 0.494 e. The number of nitrogens with one attached hydrogen (secondary N) is 1. The second-order valence-corrected chi connectivity index (χ2v) is 4.93. The summed E-state index contributed by atoms with van der Waals surface area (Å²) in [6.07, 6.45) is 0. The maximum absolute atomic E-state index is 13.1. The van der Waals surface area contributed by atoms with Gasteiger partial charge in [-0.1, -0.05) is 26.1 Å². The first-order valence-electron chi connectivity index (χ1n) is 5.80. The number of rotatable bonds is 5. The number of amides is 1. The summed E-state index contributed by atoms with van der Waals surface area (Å²) in [4.78, 5) is 12.3. The Kier molecular flexibility index (Phi) is 5.23. The molecular weight excluding hydrogens is 267 g/mol. The van der Waals surface area contributed by atoms with E-state index in [0.29, 0.717) is 5.69 Å². The standard InChI is InChI=1S/C13H17FN2O2S/c1-7(2)11(12(15)19)13(17)16-9-5-4-8(14)6-10(9)18-3/h4-7,11H,1-3H3,(H2,15,19)(H,16,17). The molecule has 0 fully saturated rings. The van der Waals surface area contributed by atoms with E-state index in [1.807, 2.05) is 13.8 Å². The Balaban J connectivity index is 2.95. The Hall–Kier alpha value is -1.69. The van der Waals surface area contributed by atoms with E-state index >= 15 is 0 Å². The highest BCUT2D eigenvalue weighted by atomic mass is 32.1. The maximum Gasteiger partial charge on any atom is 0.234 e. The van der Waals surface area contributed by atoms with Crippen LogP contribution in [-0.4, -0.2) is 18.0 Å². The number of hydrogen-bond donors (Lipinski definition) is 2. The lowest BCUT2D eigenvalue weighted by atomic mass is 9.95. The smallest absolute Gasteiger partial charge is 0.234 e. The van der Waals surface area contributed by atoms with Crippen LogP contribution in [0.3, 0.4) is 0 Å². The molecule has 0 spiro atoms. The van der Waals surface area contributed by atoms with Crippen molar-refractivity contribution in [3.63, 3.8) is 0 Å². The molecule has 1 unspecified atom stereocenters. The van der Waals surface area contributed by atoms with E-state index < -0.39 is 11.7 Å². The van der Waals surface area contributed by atoms with Gasteiger partial charge >= 0.3 is 0 Å². The van der Waals surface area contributed by atoms with Crippen LogP contribution in [0.15, 0.2) is 18.2 Å². The molecule has 1 rings (SSSR count). The first kappa shape index (κ1) is 15.4. The third-order valence-electron chi connectivity index (χ3n) is 2.68. The zero-order valence-electron chi connectivity index (χ0n) is 11.1. The fourth-order valence-electron chi connectivity index (χ4n) is 1.74. The van der Waals surface area contributed by atoms with Crippen LogP contribution in [0.5, 0.6) is 5.75 Å². The molecule has 0 bridgehead atoms. The second-order valence-electron chi connectivity index (χ2n) is 4.46. The predicted molar refractivity (Wildman–Crippen MR) is 76.7 cm³/mol. The van der Waals surface area contributed by atoms with E-state index in [-0.39, 0.29) is 22.6 Å². The third kappa shape index (κ3) is 3.89. The van der Waals surface area contributed by atoms with Gasteiger partial charge in [-0.15, -0.1) is 0 Å². The molecule has 1 aromatic rings. The first-order valence-corrected chi connectivity index (χ1v) is 6.21. The van der Waals surface area contributed by atoms with Gasteiger partial charge in [-0.05, 0) is 18.1 Å². The van der Waals surface area contributed by atoms with Crippen molar-refractivity contribution in [2.24, 2.45) is 17.6 Å². The molecule has 0 radical (unpaired) electrons. The average Bonchev–Trinajstić information content (AvgIpc) is 2.30. The van der Waals surface area contributed by atoms with Gasteiger partial charge in [-0.2, -0.15) is 0 Å². The van der Waals surface area contributed by atoms with Gasteiger partial charge in [0, 0.05) is 6.07 Å². The molecule has 0 saturated carbocycles. The Morgan fingerprint density at radius 3 is 2.58 bits per heavy atom. The first-order chi connectivity index (χ1) is 8.86. The maximum atomic E-state index is 13.1. The molecule has 0 aliphatic heterocycles. The number of anilines is 1. The summed E-state index contributed by atoms with van der Waals surface area (Å²) in [7, 11) is 1.40. The van der Waals surface area contributed by atoms with Gasteiger partial charge in [0.25, 0.3) is 0 Å². The third-order valence-corrected chi connectivity index (χ3v) is 2.93. The molecular formula is C13H17FN2O2S. The normalized spacial score (nSPS) is 12.1. The van der Waals surface area contributed by atoms with Crippen LogP contribution in [-0.2, 0) is 4.79 Å². The molecule has 0 aliphatic carbocycles. The number of hydrogen-bond acceptors (Lipinski definition) is 3. The fourth-order valence-corrected chi connectivity index (χ4v) is 2.12. The van der Waals surface area contributed by atoms with Gasteiger partial charge in [-0.3, -0.25) is 4.79 Å². The molecule has 4 nitrogen and oxygen atoms in total. The van der Waals surface area contributed by atoms with Crippen LogP contribution >= 0.6 is 12.2 Å². The molecule has 1 amide bonds. The zero-order valence-corrected chi connectivity index (χ0v) is 11.9. The number of carbonyl (C=O) groups is 1. The van der Waals surface area contributed by atoms with Crippen LogP contribution < -0.4 is 15.8 Å². The van der Waals surface area contributed by atoms with Crippen LogP contribution in [0.4, 0.5) is 10.1 Å². The van der Waals surface area contributed by atoms with Crippen molar-refractivity contribution in [1.29, 1.82) is 0 Å². The molecule has 1 aromatic carbocycles. The van der Waals surface area contributed by atoms with E-state index in [1.54, 1.807) is 0 Å². The van der Waals surface area contributed by atoms with E-state index in [9.17, 15) is 9.18 Å². The van der Waals surface area contributed by atoms with Crippen molar-refractivity contribution in [2.45, 2.75) is 13.8 Å². The summed E-state index contributed by atoms with van der Waals surface area (Å²) in [6.45, 7) is 3.70. The monoisotopic (exact) mass is 284 g/mol. The summed E-state index contributed by atoms with van der Waals surface area (Å²) >= 11 is 4.89. The SMILES string of the molecule is COc1cc(F)ccc1NC(=O)C(C(N)=S)C(C)C. The molecule has 0 aliphatic rings. The highest BCUT2D eigenvalue weighted by Crippen LogP contribution is 2.26. The Morgan fingerprint density at radius 1 is 1.47 bits per heavy atom. The van der Waals surface area contributed by atoms with E-state index in [0.717, 1.165) is 0 Å². The summed E-state index contributed by atoms with van der Waals surface area (Å²) < 4.78 is 18.1. The van der Waals surface area contributed by atoms with E-state index in [2.05, 4.69) is 5.32 Å². The van der Waals surface area contributed by atoms with Gasteiger partial charge in [0.2, 0.25) is 5.91 Å². The summed E-state index contributed by atoms with van der Waals surface area (Å²) in [5.74, 6) is -1.12. The number of carbonyl (C=O) groups excluding carboxylic acids is 1. The molecule has 0 heterocycles. The van der Waals surface area contributed by atoms with Crippen molar-refractivity contribution >= 4 is 28.8 Å². The van der Waals surface area contributed by atoms with Crippen molar-refractivity contribution in [2.75, 3.05) is 12.4 Å². The predicted octanol–water partition coefficient (Wildman–Crippen LogP) is 2.33. The topological polar surface area (TPSA) is 64.3 Å². The van der Waals surface area contributed by atoms with Gasteiger partial charge in [-0.25, -0.2) is 4.39 Å². The van der Waals surface area contributed by atoms with Crippen LogP contribution in [0, 0.1) is 17.7 Å². The number of thiocarbonyl (C=S) groups is 1. The van der Waals surface area contributed by atoms with Crippen LogP contribution in [0.2, 0.25) is 0 Å². The number of ether oxygens (including phenoxy) is 1. The lowest BCUT2D eigenvalue weighted by Gasteiger charge is -2.19. The molecule has 3 N–H and O–H groups in total.